The Kier molecular flexibility index (Phi) is 4.04. The molecule has 128 valence electrons. The van der Waals surface area contributed by atoms with Crippen LogP contribution in [-0.2, 0) is 19.1 Å². The van der Waals surface area contributed by atoms with Gasteiger partial charge in [0, 0.05) is 0 Å². The number of carbonyl (C=O) groups is 2. The molecule has 0 saturated heterocycles. The lowest BCUT2D eigenvalue weighted by Gasteiger charge is -2.15. The minimum absolute atomic E-state index is 0.0206. The van der Waals surface area contributed by atoms with E-state index >= 15 is 0 Å². The third kappa shape index (κ3) is 2.35. The number of nitrogens with zero attached hydrogens (tertiary/aromatic N) is 4. The van der Waals surface area contributed by atoms with E-state index in [2.05, 4.69) is 15.0 Å². The summed E-state index contributed by atoms with van der Waals surface area (Å²) in [7, 11) is 0. The Morgan fingerprint density at radius 2 is 1.96 bits per heavy atom. The van der Waals surface area contributed by atoms with Crippen LogP contribution in [0.1, 0.15) is 26.3 Å². The third-order valence-corrected chi connectivity index (χ3v) is 4.20. The van der Waals surface area contributed by atoms with E-state index in [1.807, 2.05) is 0 Å². The third-order valence-electron chi connectivity index (χ3n) is 3.94. The predicted molar refractivity (Wildman–Crippen MR) is 84.1 cm³/mol. The minimum atomic E-state index is -1.40. The van der Waals surface area contributed by atoms with Gasteiger partial charge in [-0.25, -0.2) is 4.98 Å². The van der Waals surface area contributed by atoms with Crippen molar-refractivity contribution in [3.8, 4) is 0 Å². The summed E-state index contributed by atoms with van der Waals surface area (Å²) in [6.45, 7) is 3.68. The molecule has 0 aliphatic heterocycles. The zero-order valence-corrected chi connectivity index (χ0v) is 13.9. The summed E-state index contributed by atoms with van der Waals surface area (Å²) in [5.74, 6) is -1.26. The van der Waals surface area contributed by atoms with Crippen molar-refractivity contribution in [1.82, 2.24) is 19.5 Å². The Balaban J connectivity index is 2.04. The van der Waals surface area contributed by atoms with Crippen LogP contribution in [0.15, 0.2) is 6.33 Å². The molecule has 1 aliphatic rings. The molecule has 0 radical (unpaired) electrons. The van der Waals surface area contributed by atoms with E-state index in [1.54, 1.807) is 18.4 Å². The van der Waals surface area contributed by atoms with Gasteiger partial charge in [0.25, 0.3) is 0 Å². The monoisotopic (exact) mass is 353 g/mol. The molecule has 0 aromatic carbocycles. The van der Waals surface area contributed by atoms with Gasteiger partial charge in [-0.05, 0) is 20.3 Å². The number of hydrogen-bond acceptors (Lipinski definition) is 8. The fourth-order valence-corrected chi connectivity index (χ4v) is 2.97. The highest BCUT2D eigenvalue weighted by Gasteiger charge is 2.69. The Bertz CT molecular complexity index is 803. The number of ether oxygens (including phenoxy) is 2. The molecule has 9 nitrogen and oxygen atoms in total. The van der Waals surface area contributed by atoms with E-state index in [0.29, 0.717) is 11.2 Å². The van der Waals surface area contributed by atoms with Crippen LogP contribution in [0, 0.1) is 5.41 Å². The van der Waals surface area contributed by atoms with Crippen molar-refractivity contribution in [2.75, 3.05) is 18.9 Å². The molecular formula is C14H16ClN5O4. The van der Waals surface area contributed by atoms with Gasteiger partial charge in [0.2, 0.25) is 5.95 Å². The highest BCUT2D eigenvalue weighted by Crippen LogP contribution is 2.58. The molecule has 24 heavy (non-hydrogen) atoms. The lowest BCUT2D eigenvalue weighted by atomic mass is 10.1. The second-order valence-electron chi connectivity index (χ2n) is 5.33. The molecule has 2 heterocycles. The van der Waals surface area contributed by atoms with E-state index in [-0.39, 0.29) is 30.7 Å². The van der Waals surface area contributed by atoms with Gasteiger partial charge in [-0.1, -0.05) is 11.6 Å². The van der Waals surface area contributed by atoms with Crippen molar-refractivity contribution in [3.05, 3.63) is 11.5 Å². The van der Waals surface area contributed by atoms with E-state index in [0.717, 1.165) is 0 Å². The smallest absolute Gasteiger partial charge is 0.325 e. The quantitative estimate of drug-likeness (QED) is 0.482. The van der Waals surface area contributed by atoms with Crippen LogP contribution in [0.25, 0.3) is 11.2 Å². The van der Waals surface area contributed by atoms with Crippen LogP contribution in [0.4, 0.5) is 5.95 Å². The van der Waals surface area contributed by atoms with Gasteiger partial charge in [-0.15, -0.1) is 0 Å². The number of anilines is 1. The predicted octanol–water partition coefficient (Wildman–Crippen LogP) is 1.12. The van der Waals surface area contributed by atoms with Gasteiger partial charge >= 0.3 is 11.9 Å². The standard InChI is InChI=1S/C14H16ClN5O4/c1-3-23-11(21)14(12(22)24-4-2)5-7(14)20-6-17-8-9(15)18-13(16)19-10(8)20/h6-7H,3-5H2,1-2H3,(H2,16,18,19). The number of carbonyl (C=O) groups excluding carboxylic acids is 2. The summed E-state index contributed by atoms with van der Waals surface area (Å²) < 4.78 is 11.7. The molecule has 0 spiro atoms. The molecule has 2 aromatic rings. The first-order valence-electron chi connectivity index (χ1n) is 7.45. The van der Waals surface area contributed by atoms with Gasteiger partial charge < -0.3 is 19.8 Å². The summed E-state index contributed by atoms with van der Waals surface area (Å²) in [6, 6.07) is -0.522. The van der Waals surface area contributed by atoms with Crippen LogP contribution in [0.2, 0.25) is 5.15 Å². The maximum atomic E-state index is 12.4. The molecule has 1 unspecified atom stereocenters. The zero-order chi connectivity index (χ0) is 17.5. The first-order chi connectivity index (χ1) is 11.5. The number of esters is 2. The number of aromatic nitrogens is 4. The summed E-state index contributed by atoms with van der Waals surface area (Å²) in [6.07, 6.45) is 1.69. The van der Waals surface area contributed by atoms with Gasteiger partial charge in [0.1, 0.15) is 5.52 Å². The number of hydrogen-bond donors (Lipinski definition) is 1. The molecule has 3 rings (SSSR count). The maximum Gasteiger partial charge on any atom is 0.325 e. The Hall–Kier alpha value is -2.42. The van der Waals surface area contributed by atoms with Crippen LogP contribution in [0.3, 0.4) is 0 Å². The van der Waals surface area contributed by atoms with E-state index in [9.17, 15) is 9.59 Å². The van der Waals surface area contributed by atoms with Gasteiger partial charge in [0.15, 0.2) is 16.2 Å². The summed E-state index contributed by atoms with van der Waals surface area (Å²) in [5.41, 5.74) is 4.93. The van der Waals surface area contributed by atoms with Crippen molar-refractivity contribution < 1.29 is 19.1 Å². The molecule has 0 amide bonds. The van der Waals surface area contributed by atoms with Gasteiger partial charge in [0.05, 0.1) is 25.6 Å². The Labute approximate surface area is 142 Å². The van der Waals surface area contributed by atoms with Crippen molar-refractivity contribution in [2.24, 2.45) is 5.41 Å². The second kappa shape index (κ2) is 5.90. The fourth-order valence-electron chi connectivity index (χ4n) is 2.75. The van der Waals surface area contributed by atoms with Crippen LogP contribution < -0.4 is 5.73 Å². The van der Waals surface area contributed by atoms with Crippen molar-refractivity contribution in [3.63, 3.8) is 0 Å². The minimum Gasteiger partial charge on any atom is -0.465 e. The first-order valence-corrected chi connectivity index (χ1v) is 7.83. The molecule has 1 aliphatic carbocycles. The normalized spacial score (nSPS) is 18.4. The molecule has 1 saturated carbocycles. The Morgan fingerprint density at radius 1 is 1.33 bits per heavy atom. The largest absolute Gasteiger partial charge is 0.465 e. The van der Waals surface area contributed by atoms with E-state index in [4.69, 9.17) is 26.8 Å². The average Bonchev–Trinajstić information content (AvgIpc) is 3.14. The van der Waals surface area contributed by atoms with Crippen molar-refractivity contribution in [2.45, 2.75) is 26.3 Å². The molecule has 1 atom stereocenters. The number of rotatable bonds is 5. The lowest BCUT2D eigenvalue weighted by Crippen LogP contribution is -2.32. The lowest BCUT2D eigenvalue weighted by molar-refractivity contribution is -0.164. The number of halogens is 1. The van der Waals surface area contributed by atoms with E-state index in [1.165, 1.54) is 6.33 Å². The number of nitrogens with two attached hydrogens (primary N) is 1. The molecule has 2 aromatic heterocycles. The van der Waals surface area contributed by atoms with Gasteiger partial charge in [-0.3, -0.25) is 9.59 Å². The molecule has 2 N–H and O–H groups in total. The number of nitrogen functional groups attached to an aromatic ring is 1. The van der Waals surface area contributed by atoms with Crippen LogP contribution in [0.5, 0.6) is 0 Å². The second-order valence-corrected chi connectivity index (χ2v) is 5.69. The van der Waals surface area contributed by atoms with Crippen molar-refractivity contribution >= 4 is 40.7 Å². The Morgan fingerprint density at radius 3 is 2.54 bits per heavy atom. The summed E-state index contributed by atoms with van der Waals surface area (Å²) in [5, 5.41) is 0.106. The highest BCUT2D eigenvalue weighted by molar-refractivity contribution is 6.33. The first kappa shape index (κ1) is 16.4. The fraction of sp³-hybridized carbons (Fsp3) is 0.500. The molecule has 0 bridgehead atoms. The number of fused-ring (bicyclic) bond motifs is 1. The van der Waals surface area contributed by atoms with Gasteiger partial charge in [-0.2, -0.15) is 9.97 Å². The van der Waals surface area contributed by atoms with E-state index < -0.39 is 23.4 Å². The summed E-state index contributed by atoms with van der Waals surface area (Å²) in [4.78, 5) is 36.8. The maximum absolute atomic E-state index is 12.4. The van der Waals surface area contributed by atoms with Crippen LogP contribution >= 0.6 is 11.6 Å². The SMILES string of the molecule is CCOC(=O)C1(C(=O)OCC)CC1n1cnc2c(Cl)nc(N)nc21. The number of imidazole rings is 1. The highest BCUT2D eigenvalue weighted by atomic mass is 35.5. The average molecular weight is 354 g/mol. The van der Waals surface area contributed by atoms with Crippen LogP contribution in [-0.4, -0.2) is 44.7 Å². The summed E-state index contributed by atoms with van der Waals surface area (Å²) >= 11 is 6.01. The zero-order valence-electron chi connectivity index (χ0n) is 13.2. The molecular weight excluding hydrogens is 338 g/mol. The molecule has 10 heteroatoms. The van der Waals surface area contributed by atoms with Crippen molar-refractivity contribution in [1.29, 1.82) is 0 Å². The molecule has 1 fully saturated rings. The topological polar surface area (TPSA) is 122 Å².